The molecule has 0 aliphatic heterocycles. The van der Waals surface area contributed by atoms with Gasteiger partial charge < -0.3 is 10.3 Å². The number of anilines is 1. The molecule has 1 unspecified atom stereocenters. The highest BCUT2D eigenvalue weighted by Gasteiger charge is 2.06. The third-order valence-electron chi connectivity index (χ3n) is 3.47. The highest BCUT2D eigenvalue weighted by molar-refractivity contribution is 6.30. The Morgan fingerprint density at radius 1 is 1.19 bits per heavy atom. The molecule has 0 bridgehead atoms. The number of fused-ring (bicyclic) bond motifs is 1. The zero-order valence-electron chi connectivity index (χ0n) is 12.2. The minimum Gasteiger partial charge on any atom is -0.382 e. The number of imidazole rings is 1. The van der Waals surface area contributed by atoms with Crippen LogP contribution in [-0.2, 0) is 6.42 Å². The molecule has 3 rings (SSSR count). The van der Waals surface area contributed by atoms with E-state index in [2.05, 4.69) is 46.5 Å². The molecule has 0 aliphatic carbocycles. The quantitative estimate of drug-likeness (QED) is 0.741. The molecule has 2 N–H and O–H groups in total. The number of hydrogen-bond acceptors (Lipinski definition) is 2. The molecule has 4 heteroatoms. The lowest BCUT2D eigenvalue weighted by Gasteiger charge is -2.15. The molecular weight excluding hydrogens is 282 g/mol. The van der Waals surface area contributed by atoms with Crippen molar-refractivity contribution in [3.63, 3.8) is 0 Å². The number of H-pyrrole nitrogens is 1. The summed E-state index contributed by atoms with van der Waals surface area (Å²) >= 11 is 5.91. The second-order valence-corrected chi connectivity index (χ2v) is 5.87. The Hall–Kier alpha value is -2.00. The zero-order valence-corrected chi connectivity index (χ0v) is 12.9. The first kappa shape index (κ1) is 14.0. The van der Waals surface area contributed by atoms with Crippen molar-refractivity contribution in [3.05, 3.63) is 58.9 Å². The smallest absolute Gasteiger partial charge is 0.104 e. The Kier molecular flexibility index (Phi) is 3.84. The molecule has 0 aliphatic rings. The van der Waals surface area contributed by atoms with Crippen LogP contribution in [-0.4, -0.2) is 16.0 Å². The average molecular weight is 300 g/mol. The lowest BCUT2D eigenvalue weighted by molar-refractivity contribution is 0.790. The summed E-state index contributed by atoms with van der Waals surface area (Å²) in [5.41, 5.74) is 4.45. The van der Waals surface area contributed by atoms with Crippen molar-refractivity contribution in [2.75, 3.05) is 5.32 Å². The van der Waals surface area contributed by atoms with Crippen molar-refractivity contribution in [2.45, 2.75) is 26.3 Å². The molecule has 2 aromatic carbocycles. The van der Waals surface area contributed by atoms with Crippen LogP contribution in [0.5, 0.6) is 0 Å². The van der Waals surface area contributed by atoms with Crippen molar-refractivity contribution in [1.29, 1.82) is 0 Å². The Bertz CT molecular complexity index is 746. The number of rotatable bonds is 4. The van der Waals surface area contributed by atoms with Crippen molar-refractivity contribution in [1.82, 2.24) is 9.97 Å². The lowest BCUT2D eigenvalue weighted by atomic mass is 10.1. The molecule has 0 saturated heterocycles. The van der Waals surface area contributed by atoms with Gasteiger partial charge in [-0.2, -0.15) is 0 Å². The van der Waals surface area contributed by atoms with Gasteiger partial charge in [-0.05, 0) is 56.2 Å². The number of nitrogens with one attached hydrogen (secondary N) is 2. The maximum absolute atomic E-state index is 5.91. The molecule has 1 aromatic heterocycles. The second-order valence-electron chi connectivity index (χ2n) is 5.43. The van der Waals surface area contributed by atoms with E-state index in [1.54, 1.807) is 0 Å². The molecule has 0 amide bonds. The fourth-order valence-electron chi connectivity index (χ4n) is 2.54. The highest BCUT2D eigenvalue weighted by atomic mass is 35.5. The van der Waals surface area contributed by atoms with E-state index in [0.717, 1.165) is 34.0 Å². The first-order chi connectivity index (χ1) is 10.1. The fraction of sp³-hybridized carbons (Fsp3) is 0.235. The van der Waals surface area contributed by atoms with Gasteiger partial charge in [-0.25, -0.2) is 4.98 Å². The summed E-state index contributed by atoms with van der Waals surface area (Å²) in [4.78, 5) is 7.68. The Balaban J connectivity index is 1.70. The maximum Gasteiger partial charge on any atom is 0.104 e. The van der Waals surface area contributed by atoms with E-state index in [4.69, 9.17) is 11.6 Å². The summed E-state index contributed by atoms with van der Waals surface area (Å²) in [6, 6.07) is 14.6. The molecular formula is C17H18ClN3. The number of aryl methyl sites for hydroxylation is 1. The summed E-state index contributed by atoms with van der Waals surface area (Å²) in [7, 11) is 0. The van der Waals surface area contributed by atoms with Crippen molar-refractivity contribution in [3.8, 4) is 0 Å². The predicted octanol–water partition coefficient (Wildman–Crippen LogP) is 4.57. The predicted molar refractivity (Wildman–Crippen MR) is 89.1 cm³/mol. The standard InChI is InChI=1S/C17H18ClN3/c1-11(9-13-3-5-14(18)6-4-13)19-15-7-8-16-17(10-15)21-12(2)20-16/h3-8,10-11,19H,9H2,1-2H3,(H,20,21). The molecule has 1 atom stereocenters. The summed E-state index contributed by atoms with van der Waals surface area (Å²) in [6.07, 6.45) is 0.956. The molecule has 0 radical (unpaired) electrons. The second kappa shape index (κ2) is 5.78. The lowest BCUT2D eigenvalue weighted by Crippen LogP contribution is -2.17. The van der Waals surface area contributed by atoms with Crippen LogP contribution in [0.2, 0.25) is 5.02 Å². The van der Waals surface area contributed by atoms with Crippen molar-refractivity contribution >= 4 is 28.3 Å². The average Bonchev–Trinajstić information content (AvgIpc) is 2.80. The first-order valence-corrected chi connectivity index (χ1v) is 7.45. The zero-order chi connectivity index (χ0) is 14.8. The third kappa shape index (κ3) is 3.37. The number of aromatic nitrogens is 2. The Morgan fingerprint density at radius 2 is 1.95 bits per heavy atom. The van der Waals surface area contributed by atoms with E-state index in [1.807, 2.05) is 25.1 Å². The molecule has 3 aromatic rings. The van der Waals surface area contributed by atoms with Crippen LogP contribution in [0.1, 0.15) is 18.3 Å². The van der Waals surface area contributed by atoms with Gasteiger partial charge in [0.1, 0.15) is 5.82 Å². The number of nitrogens with zero attached hydrogens (tertiary/aromatic N) is 1. The van der Waals surface area contributed by atoms with Gasteiger partial charge in [0.15, 0.2) is 0 Å². The van der Waals surface area contributed by atoms with Crippen molar-refractivity contribution in [2.24, 2.45) is 0 Å². The minimum atomic E-state index is 0.340. The van der Waals surface area contributed by atoms with Gasteiger partial charge in [-0.1, -0.05) is 23.7 Å². The van der Waals surface area contributed by atoms with Gasteiger partial charge >= 0.3 is 0 Å². The number of benzene rings is 2. The van der Waals surface area contributed by atoms with Crippen LogP contribution in [0.15, 0.2) is 42.5 Å². The van der Waals surface area contributed by atoms with Crippen LogP contribution in [0, 0.1) is 6.92 Å². The topological polar surface area (TPSA) is 40.7 Å². The first-order valence-electron chi connectivity index (χ1n) is 7.07. The van der Waals surface area contributed by atoms with E-state index in [-0.39, 0.29) is 0 Å². The SMILES string of the molecule is Cc1nc2ccc(NC(C)Cc3ccc(Cl)cc3)cc2[nH]1. The summed E-state index contributed by atoms with van der Waals surface area (Å²) in [5, 5.41) is 4.30. The van der Waals surface area contributed by atoms with Gasteiger partial charge in [-0.15, -0.1) is 0 Å². The van der Waals surface area contributed by atoms with E-state index >= 15 is 0 Å². The van der Waals surface area contributed by atoms with Crippen LogP contribution in [0.25, 0.3) is 11.0 Å². The van der Waals surface area contributed by atoms with Gasteiger partial charge in [0.2, 0.25) is 0 Å². The Labute approximate surface area is 129 Å². The largest absolute Gasteiger partial charge is 0.382 e. The fourth-order valence-corrected chi connectivity index (χ4v) is 2.66. The molecule has 0 fully saturated rings. The summed E-state index contributed by atoms with van der Waals surface area (Å²) in [6.45, 7) is 4.15. The van der Waals surface area contributed by atoms with E-state index in [0.29, 0.717) is 6.04 Å². The molecule has 3 nitrogen and oxygen atoms in total. The number of aromatic amines is 1. The van der Waals surface area contributed by atoms with Crippen molar-refractivity contribution < 1.29 is 0 Å². The van der Waals surface area contributed by atoms with E-state index in [9.17, 15) is 0 Å². The van der Waals surface area contributed by atoms with Gasteiger partial charge in [0.25, 0.3) is 0 Å². The summed E-state index contributed by atoms with van der Waals surface area (Å²) in [5.74, 6) is 0.941. The summed E-state index contributed by atoms with van der Waals surface area (Å²) < 4.78 is 0. The molecule has 0 saturated carbocycles. The van der Waals surface area contributed by atoms with Crippen LogP contribution >= 0.6 is 11.6 Å². The number of hydrogen-bond donors (Lipinski definition) is 2. The van der Waals surface area contributed by atoms with Crippen LogP contribution < -0.4 is 5.32 Å². The maximum atomic E-state index is 5.91. The Morgan fingerprint density at radius 3 is 2.71 bits per heavy atom. The normalized spacial score (nSPS) is 12.5. The monoisotopic (exact) mass is 299 g/mol. The third-order valence-corrected chi connectivity index (χ3v) is 3.72. The molecule has 21 heavy (non-hydrogen) atoms. The van der Waals surface area contributed by atoms with Gasteiger partial charge in [-0.3, -0.25) is 0 Å². The van der Waals surface area contributed by atoms with Gasteiger partial charge in [0, 0.05) is 16.8 Å². The molecule has 1 heterocycles. The van der Waals surface area contributed by atoms with Crippen LogP contribution in [0.3, 0.4) is 0 Å². The minimum absolute atomic E-state index is 0.340. The molecule has 108 valence electrons. The van der Waals surface area contributed by atoms with Crippen LogP contribution in [0.4, 0.5) is 5.69 Å². The molecule has 0 spiro atoms. The van der Waals surface area contributed by atoms with E-state index < -0.39 is 0 Å². The highest BCUT2D eigenvalue weighted by Crippen LogP contribution is 2.19. The number of halogens is 1. The van der Waals surface area contributed by atoms with Gasteiger partial charge in [0.05, 0.1) is 11.0 Å². The van der Waals surface area contributed by atoms with E-state index in [1.165, 1.54) is 5.56 Å².